The van der Waals surface area contributed by atoms with E-state index >= 15 is 0 Å². The lowest BCUT2D eigenvalue weighted by Gasteiger charge is -2.14. The number of aromatic nitrogens is 1. The molecule has 7 heteroatoms. The van der Waals surface area contributed by atoms with Crippen molar-refractivity contribution in [1.29, 1.82) is 0 Å². The number of carbonyl (C=O) groups excluding carboxylic acids is 1. The number of hydrogen-bond acceptors (Lipinski definition) is 5. The van der Waals surface area contributed by atoms with Crippen LogP contribution in [-0.4, -0.2) is 32.2 Å². The van der Waals surface area contributed by atoms with Crippen molar-refractivity contribution in [3.8, 4) is 28.5 Å². The van der Waals surface area contributed by atoms with Crippen LogP contribution >= 0.6 is 11.6 Å². The molecular weight excluding hydrogens is 380 g/mol. The molecule has 0 bridgehead atoms. The number of nitrogens with one attached hydrogen (secondary N) is 1. The summed E-state index contributed by atoms with van der Waals surface area (Å²) in [6.07, 6.45) is 1.67. The van der Waals surface area contributed by atoms with Crippen LogP contribution in [0, 0.1) is 0 Å². The summed E-state index contributed by atoms with van der Waals surface area (Å²) in [4.78, 5) is 16.9. The van der Waals surface area contributed by atoms with Gasteiger partial charge in [-0.3, -0.25) is 9.78 Å². The van der Waals surface area contributed by atoms with Gasteiger partial charge >= 0.3 is 0 Å². The van der Waals surface area contributed by atoms with Gasteiger partial charge in [-0.1, -0.05) is 23.7 Å². The standard InChI is InChI=1S/C21H19ClN2O4/c1-26-17-11-15(12-18(27-2)20(17)28-3)24-21(25)14-8-6-13(7-9-14)19-16(22)5-4-10-23-19/h4-12H,1-3H3,(H,24,25). The van der Waals surface area contributed by atoms with E-state index in [2.05, 4.69) is 10.3 Å². The van der Waals surface area contributed by atoms with Gasteiger partial charge in [0.2, 0.25) is 5.75 Å². The number of ether oxygens (including phenoxy) is 3. The first-order chi connectivity index (χ1) is 13.6. The van der Waals surface area contributed by atoms with E-state index in [1.807, 2.05) is 0 Å². The van der Waals surface area contributed by atoms with Crippen molar-refractivity contribution in [2.45, 2.75) is 0 Å². The zero-order valence-electron chi connectivity index (χ0n) is 15.7. The molecule has 0 radical (unpaired) electrons. The summed E-state index contributed by atoms with van der Waals surface area (Å²) in [6.45, 7) is 0. The van der Waals surface area contributed by atoms with Crippen molar-refractivity contribution in [3.63, 3.8) is 0 Å². The molecule has 0 aliphatic carbocycles. The maximum absolute atomic E-state index is 12.6. The topological polar surface area (TPSA) is 69.7 Å². The van der Waals surface area contributed by atoms with E-state index in [1.165, 1.54) is 21.3 Å². The molecule has 1 amide bonds. The quantitative estimate of drug-likeness (QED) is 0.652. The summed E-state index contributed by atoms with van der Waals surface area (Å²) in [5.74, 6) is 1.10. The Morgan fingerprint density at radius 3 is 2.14 bits per heavy atom. The van der Waals surface area contributed by atoms with E-state index in [0.29, 0.717) is 39.2 Å². The highest BCUT2D eigenvalue weighted by atomic mass is 35.5. The number of nitrogens with zero attached hydrogens (tertiary/aromatic N) is 1. The van der Waals surface area contributed by atoms with Crippen LogP contribution in [0.1, 0.15) is 10.4 Å². The molecule has 28 heavy (non-hydrogen) atoms. The molecule has 0 saturated carbocycles. The maximum atomic E-state index is 12.6. The summed E-state index contributed by atoms with van der Waals surface area (Å²) in [5.41, 5.74) is 2.51. The van der Waals surface area contributed by atoms with Gasteiger partial charge in [0.15, 0.2) is 11.5 Å². The zero-order valence-corrected chi connectivity index (χ0v) is 16.4. The SMILES string of the molecule is COc1cc(NC(=O)c2ccc(-c3ncccc3Cl)cc2)cc(OC)c1OC. The summed E-state index contributed by atoms with van der Waals surface area (Å²) in [7, 11) is 4.56. The highest BCUT2D eigenvalue weighted by Crippen LogP contribution is 2.40. The van der Waals surface area contributed by atoms with Gasteiger partial charge in [-0.15, -0.1) is 0 Å². The molecule has 0 spiro atoms. The van der Waals surface area contributed by atoms with Crippen molar-refractivity contribution in [2.75, 3.05) is 26.6 Å². The number of benzene rings is 2. The van der Waals surface area contributed by atoms with Crippen molar-refractivity contribution in [3.05, 3.63) is 65.3 Å². The van der Waals surface area contributed by atoms with Crippen molar-refractivity contribution >= 4 is 23.2 Å². The van der Waals surface area contributed by atoms with E-state index in [-0.39, 0.29) is 5.91 Å². The minimum Gasteiger partial charge on any atom is -0.493 e. The lowest BCUT2D eigenvalue weighted by atomic mass is 10.1. The van der Waals surface area contributed by atoms with Crippen LogP contribution in [0.3, 0.4) is 0 Å². The third-order valence-corrected chi connectivity index (χ3v) is 4.41. The average Bonchev–Trinajstić information content (AvgIpc) is 2.73. The van der Waals surface area contributed by atoms with Crippen LogP contribution in [-0.2, 0) is 0 Å². The van der Waals surface area contributed by atoms with E-state index in [1.54, 1.807) is 54.7 Å². The molecule has 0 saturated heterocycles. The van der Waals surface area contributed by atoms with E-state index in [4.69, 9.17) is 25.8 Å². The minimum absolute atomic E-state index is 0.270. The van der Waals surface area contributed by atoms with Gasteiger partial charge in [0.05, 0.1) is 32.0 Å². The van der Waals surface area contributed by atoms with Crippen molar-refractivity contribution < 1.29 is 19.0 Å². The molecule has 2 aromatic carbocycles. The molecule has 0 unspecified atom stereocenters. The lowest BCUT2D eigenvalue weighted by Crippen LogP contribution is -2.12. The first kappa shape index (κ1) is 19.5. The molecule has 6 nitrogen and oxygen atoms in total. The smallest absolute Gasteiger partial charge is 0.255 e. The fourth-order valence-electron chi connectivity index (χ4n) is 2.73. The Morgan fingerprint density at radius 1 is 0.964 bits per heavy atom. The Bertz CT molecular complexity index is 965. The number of halogens is 1. The Kier molecular flexibility index (Phi) is 6.01. The molecule has 1 N–H and O–H groups in total. The highest BCUT2D eigenvalue weighted by molar-refractivity contribution is 6.33. The van der Waals surface area contributed by atoms with E-state index in [0.717, 1.165) is 5.56 Å². The first-order valence-corrected chi connectivity index (χ1v) is 8.77. The van der Waals surface area contributed by atoms with Crippen LogP contribution in [0.25, 0.3) is 11.3 Å². The van der Waals surface area contributed by atoms with Gasteiger partial charge < -0.3 is 19.5 Å². The van der Waals surface area contributed by atoms with Crippen LogP contribution in [0.15, 0.2) is 54.7 Å². The maximum Gasteiger partial charge on any atom is 0.255 e. The molecule has 0 fully saturated rings. The Hall–Kier alpha value is -3.25. The Balaban J connectivity index is 1.83. The summed E-state index contributed by atoms with van der Waals surface area (Å²) in [6, 6.07) is 13.9. The monoisotopic (exact) mass is 398 g/mol. The van der Waals surface area contributed by atoms with Crippen molar-refractivity contribution in [2.24, 2.45) is 0 Å². The average molecular weight is 399 g/mol. The van der Waals surface area contributed by atoms with Crippen LogP contribution in [0.4, 0.5) is 5.69 Å². The van der Waals surface area contributed by atoms with E-state index in [9.17, 15) is 4.79 Å². The number of rotatable bonds is 6. The summed E-state index contributed by atoms with van der Waals surface area (Å²) in [5, 5.41) is 3.39. The number of hydrogen-bond donors (Lipinski definition) is 1. The molecule has 3 rings (SSSR count). The van der Waals surface area contributed by atoms with Crippen LogP contribution < -0.4 is 19.5 Å². The summed E-state index contributed by atoms with van der Waals surface area (Å²) >= 11 is 6.17. The predicted octanol–water partition coefficient (Wildman–Crippen LogP) is 4.68. The van der Waals surface area contributed by atoms with Gasteiger partial charge in [-0.05, 0) is 24.3 Å². The lowest BCUT2D eigenvalue weighted by molar-refractivity contribution is 0.102. The van der Waals surface area contributed by atoms with Crippen LogP contribution in [0.2, 0.25) is 5.02 Å². The molecule has 3 aromatic rings. The van der Waals surface area contributed by atoms with Crippen LogP contribution in [0.5, 0.6) is 17.2 Å². The summed E-state index contributed by atoms with van der Waals surface area (Å²) < 4.78 is 15.9. The number of pyridine rings is 1. The zero-order chi connectivity index (χ0) is 20.1. The van der Waals surface area contributed by atoms with E-state index < -0.39 is 0 Å². The second kappa shape index (κ2) is 8.63. The van der Waals surface area contributed by atoms with Gasteiger partial charge in [-0.25, -0.2) is 0 Å². The molecule has 1 heterocycles. The molecule has 1 aromatic heterocycles. The van der Waals surface area contributed by atoms with Gasteiger partial charge in [0.1, 0.15) is 0 Å². The number of carbonyl (C=O) groups is 1. The minimum atomic E-state index is -0.270. The van der Waals surface area contributed by atoms with Gasteiger partial charge in [0.25, 0.3) is 5.91 Å². The molecule has 0 aliphatic heterocycles. The molecular formula is C21H19ClN2O4. The second-order valence-electron chi connectivity index (χ2n) is 5.78. The number of anilines is 1. The second-order valence-corrected chi connectivity index (χ2v) is 6.19. The van der Waals surface area contributed by atoms with Crippen molar-refractivity contribution in [1.82, 2.24) is 4.98 Å². The number of amides is 1. The Morgan fingerprint density at radius 2 is 1.61 bits per heavy atom. The third kappa shape index (κ3) is 4.02. The molecule has 144 valence electrons. The Labute approximate surface area is 168 Å². The predicted molar refractivity (Wildman–Crippen MR) is 109 cm³/mol. The highest BCUT2D eigenvalue weighted by Gasteiger charge is 2.15. The third-order valence-electron chi connectivity index (χ3n) is 4.10. The fourth-order valence-corrected chi connectivity index (χ4v) is 2.96. The van der Waals surface area contributed by atoms with Gasteiger partial charge in [0, 0.05) is 35.1 Å². The number of methoxy groups -OCH3 is 3. The van der Waals surface area contributed by atoms with Gasteiger partial charge in [-0.2, -0.15) is 0 Å². The molecule has 0 atom stereocenters. The molecule has 0 aliphatic rings. The normalized spacial score (nSPS) is 10.3. The fraction of sp³-hybridized carbons (Fsp3) is 0.143. The first-order valence-electron chi connectivity index (χ1n) is 8.39. The largest absolute Gasteiger partial charge is 0.493 e.